The molecule has 2 aromatic heterocycles. The van der Waals surface area contributed by atoms with Gasteiger partial charge in [0, 0.05) is 37.8 Å². The Morgan fingerprint density at radius 1 is 1.12 bits per heavy atom. The Hall–Kier alpha value is -3.24. The van der Waals surface area contributed by atoms with E-state index in [1.54, 1.807) is 28.9 Å². The van der Waals surface area contributed by atoms with Gasteiger partial charge in [-0.3, -0.25) is 19.8 Å². The maximum atomic E-state index is 15.1. The summed E-state index contributed by atoms with van der Waals surface area (Å²) in [6.07, 6.45) is 3.20. The number of hydrogen-bond acceptors (Lipinski definition) is 7. The molecule has 0 atom stereocenters. The monoisotopic (exact) mass is 466 g/mol. The summed E-state index contributed by atoms with van der Waals surface area (Å²) in [5.74, 6) is -0.721. The first-order valence-corrected chi connectivity index (χ1v) is 11.6. The third-order valence-corrected chi connectivity index (χ3v) is 6.74. The number of nitrogens with zero attached hydrogens (tertiary/aromatic N) is 5. The molecule has 1 N–H and O–H groups in total. The van der Waals surface area contributed by atoms with Crippen LogP contribution in [0.2, 0.25) is 0 Å². The van der Waals surface area contributed by atoms with Gasteiger partial charge in [0.2, 0.25) is 0 Å². The fourth-order valence-corrected chi connectivity index (χ4v) is 4.79. The zero-order valence-electron chi connectivity index (χ0n) is 18.3. The molecule has 0 unspecified atom stereocenters. The van der Waals surface area contributed by atoms with E-state index in [0.717, 1.165) is 37.9 Å². The van der Waals surface area contributed by atoms with Gasteiger partial charge in [-0.2, -0.15) is 5.10 Å². The molecule has 3 aromatic rings. The van der Waals surface area contributed by atoms with Crippen molar-refractivity contribution in [3.63, 3.8) is 0 Å². The zero-order chi connectivity index (χ0) is 23.1. The molecule has 1 aromatic carbocycles. The summed E-state index contributed by atoms with van der Waals surface area (Å²) in [5, 5.41) is 6.35. The second kappa shape index (κ2) is 8.60. The first kappa shape index (κ1) is 21.6. The van der Waals surface area contributed by atoms with Crippen LogP contribution in [0.1, 0.15) is 19.5 Å². The van der Waals surface area contributed by atoms with E-state index in [-0.39, 0.29) is 10.7 Å². The van der Waals surface area contributed by atoms with Gasteiger partial charge >= 0.3 is 0 Å². The second-order valence-electron chi connectivity index (χ2n) is 8.31. The molecule has 0 spiro atoms. The van der Waals surface area contributed by atoms with Gasteiger partial charge in [-0.15, -0.1) is 0 Å². The maximum Gasteiger partial charge on any atom is 0.290 e. The van der Waals surface area contributed by atoms with Gasteiger partial charge < -0.3 is 4.90 Å². The fourth-order valence-electron chi connectivity index (χ4n) is 4.12. The van der Waals surface area contributed by atoms with Crippen molar-refractivity contribution in [1.82, 2.24) is 24.8 Å². The van der Waals surface area contributed by atoms with E-state index < -0.39 is 11.1 Å². The molecule has 2 amide bonds. The summed E-state index contributed by atoms with van der Waals surface area (Å²) in [6.45, 7) is 7.76. The lowest BCUT2D eigenvalue weighted by atomic mass is 10.1. The third-order valence-electron chi connectivity index (χ3n) is 5.93. The zero-order valence-corrected chi connectivity index (χ0v) is 19.1. The molecule has 0 aliphatic carbocycles. The highest BCUT2D eigenvalue weighted by Crippen LogP contribution is 2.29. The van der Waals surface area contributed by atoms with E-state index in [9.17, 15) is 9.59 Å². The molecule has 8 nitrogen and oxygen atoms in total. The minimum atomic E-state index is -0.440. The number of carbonyl (C=O) groups excluding carboxylic acids is 2. The van der Waals surface area contributed by atoms with E-state index in [2.05, 4.69) is 39.0 Å². The Labute approximate surface area is 194 Å². The van der Waals surface area contributed by atoms with E-state index in [0.29, 0.717) is 34.3 Å². The Balaban J connectivity index is 1.42. The van der Waals surface area contributed by atoms with Crippen molar-refractivity contribution in [2.45, 2.75) is 19.9 Å². The number of amides is 2. The number of nitrogens with one attached hydrogen (secondary N) is 1. The number of benzene rings is 1. The van der Waals surface area contributed by atoms with E-state index in [1.165, 1.54) is 6.07 Å². The van der Waals surface area contributed by atoms with Crippen LogP contribution >= 0.6 is 11.8 Å². The number of piperazine rings is 1. The molecular weight excluding hydrogens is 443 g/mol. The van der Waals surface area contributed by atoms with Crippen LogP contribution in [0, 0.1) is 5.82 Å². The van der Waals surface area contributed by atoms with Crippen LogP contribution in [0.4, 0.5) is 14.9 Å². The first-order valence-electron chi connectivity index (χ1n) is 10.8. The number of carbonyl (C=O) groups is 2. The van der Waals surface area contributed by atoms with Crippen molar-refractivity contribution in [3.8, 4) is 11.3 Å². The van der Waals surface area contributed by atoms with E-state index >= 15 is 4.39 Å². The number of halogens is 1. The van der Waals surface area contributed by atoms with Crippen LogP contribution in [0.15, 0.2) is 41.4 Å². The highest BCUT2D eigenvalue weighted by Gasteiger charge is 2.25. The summed E-state index contributed by atoms with van der Waals surface area (Å²) in [6, 6.07) is 9.18. The second-order valence-corrected chi connectivity index (χ2v) is 9.32. The van der Waals surface area contributed by atoms with Crippen molar-refractivity contribution in [2.75, 3.05) is 31.1 Å². The number of fused-ring (bicyclic) bond motifs is 1. The lowest BCUT2D eigenvalue weighted by Gasteiger charge is -2.38. The highest BCUT2D eigenvalue weighted by atomic mass is 32.2. The SMILES string of the molecule is CC(C)N1CCN(c2ccc(-c3cnc4ccc(/C=C5\SC(=O)NC5=O)nn34)cc2F)CC1. The Morgan fingerprint density at radius 2 is 1.91 bits per heavy atom. The predicted molar refractivity (Wildman–Crippen MR) is 126 cm³/mol. The summed E-state index contributed by atoms with van der Waals surface area (Å²) >= 11 is 0.835. The van der Waals surface area contributed by atoms with Crippen molar-refractivity contribution >= 4 is 40.3 Å². The molecular formula is C23H23FN6O2S. The lowest BCUT2D eigenvalue weighted by molar-refractivity contribution is -0.115. The normalized spacial score (nSPS) is 18.7. The Bertz CT molecular complexity index is 1280. The summed E-state index contributed by atoms with van der Waals surface area (Å²) in [7, 11) is 0. The summed E-state index contributed by atoms with van der Waals surface area (Å²) < 4.78 is 16.7. The highest BCUT2D eigenvalue weighted by molar-refractivity contribution is 8.18. The Kier molecular flexibility index (Phi) is 5.63. The maximum absolute atomic E-state index is 15.1. The van der Waals surface area contributed by atoms with Gasteiger partial charge in [0.05, 0.1) is 28.2 Å². The molecule has 170 valence electrons. The lowest BCUT2D eigenvalue weighted by Crippen LogP contribution is -2.49. The molecule has 33 heavy (non-hydrogen) atoms. The molecule has 2 saturated heterocycles. The van der Waals surface area contributed by atoms with Crippen LogP contribution in [0.3, 0.4) is 0 Å². The molecule has 2 fully saturated rings. The first-order chi connectivity index (χ1) is 15.9. The molecule has 5 rings (SSSR count). The largest absolute Gasteiger partial charge is 0.367 e. The van der Waals surface area contributed by atoms with Gasteiger partial charge in [0.15, 0.2) is 5.65 Å². The summed E-state index contributed by atoms with van der Waals surface area (Å²) in [5.41, 5.74) is 2.99. The average Bonchev–Trinajstić information content (AvgIpc) is 3.35. The standard InChI is InChI=1S/C23H23FN6O2S/c1-14(2)28-7-9-29(10-8-28)18-5-3-15(11-17(18)24)19-13-25-21-6-4-16(27-30(19)21)12-20-22(31)26-23(32)33-20/h3-6,11-14H,7-10H2,1-2H3,(H,26,31,32)/b20-12-. The van der Waals surface area contributed by atoms with Crippen molar-refractivity contribution in [1.29, 1.82) is 0 Å². The number of thioether (sulfide) groups is 1. The van der Waals surface area contributed by atoms with Gasteiger partial charge in [0.1, 0.15) is 5.82 Å². The summed E-state index contributed by atoms with van der Waals surface area (Å²) in [4.78, 5) is 32.3. The minimum Gasteiger partial charge on any atom is -0.367 e. The molecule has 0 radical (unpaired) electrons. The van der Waals surface area contributed by atoms with Crippen LogP contribution in [-0.4, -0.2) is 62.9 Å². The fraction of sp³-hybridized carbons (Fsp3) is 0.304. The van der Waals surface area contributed by atoms with Gasteiger partial charge in [-0.05, 0) is 56.0 Å². The van der Waals surface area contributed by atoms with Gasteiger partial charge in [-0.1, -0.05) is 6.07 Å². The quantitative estimate of drug-likeness (QED) is 0.590. The van der Waals surface area contributed by atoms with Crippen LogP contribution in [0.25, 0.3) is 23.0 Å². The number of imidazole rings is 1. The van der Waals surface area contributed by atoms with Crippen LogP contribution < -0.4 is 10.2 Å². The number of aromatic nitrogens is 3. The minimum absolute atomic E-state index is 0.279. The third kappa shape index (κ3) is 4.23. The molecule has 10 heteroatoms. The number of anilines is 1. The number of rotatable bonds is 4. The van der Waals surface area contributed by atoms with Crippen LogP contribution in [0.5, 0.6) is 0 Å². The molecule has 4 heterocycles. The predicted octanol–water partition coefficient (Wildman–Crippen LogP) is 3.39. The Morgan fingerprint density at radius 3 is 2.58 bits per heavy atom. The van der Waals surface area contributed by atoms with Crippen molar-refractivity contribution in [3.05, 3.63) is 52.9 Å². The average molecular weight is 467 g/mol. The van der Waals surface area contributed by atoms with E-state index in [4.69, 9.17) is 0 Å². The van der Waals surface area contributed by atoms with Crippen LogP contribution in [-0.2, 0) is 4.79 Å². The molecule has 0 bridgehead atoms. The van der Waals surface area contributed by atoms with Crippen molar-refractivity contribution in [2.24, 2.45) is 0 Å². The topological polar surface area (TPSA) is 82.8 Å². The smallest absolute Gasteiger partial charge is 0.290 e. The van der Waals surface area contributed by atoms with E-state index in [1.807, 2.05) is 12.1 Å². The molecule has 2 aliphatic heterocycles. The number of imide groups is 1. The number of hydrogen-bond donors (Lipinski definition) is 1. The van der Waals surface area contributed by atoms with Crippen molar-refractivity contribution < 1.29 is 14.0 Å². The molecule has 2 aliphatic rings. The van der Waals surface area contributed by atoms with Gasteiger partial charge in [-0.25, -0.2) is 13.9 Å². The van der Waals surface area contributed by atoms with Gasteiger partial charge in [0.25, 0.3) is 11.1 Å². The molecule has 0 saturated carbocycles.